The molecule has 33 heavy (non-hydrogen) atoms. The third-order valence-electron chi connectivity index (χ3n) is 6.64. The first-order valence-electron chi connectivity index (χ1n) is 12.8. The molecular weight excluding hydrogens is 416 g/mol. The smallest absolute Gasteiger partial charge is 0.227 e. The van der Waals surface area contributed by atoms with Gasteiger partial charge in [-0.05, 0) is 55.9 Å². The molecular formula is C27H40N2O4. The number of ether oxygens (including phenoxy) is 1. The standard InChI is InChI=1S/C27H40N2O4/c1-2-3-4-8-17-29-25-15-14-24(21-22(25)13-16-27(29)32)33-20-9-12-26(31)28(18-19-30)23-10-6-5-7-11-23/h4,8,14-15,21,23,30H,2-3,5-7,9-13,16-20H2,1H3/b8-4+. The van der Waals surface area contributed by atoms with Crippen molar-refractivity contribution < 1.29 is 19.4 Å². The number of nitrogens with zero attached hydrogens (tertiary/aromatic N) is 2. The van der Waals surface area contributed by atoms with E-state index in [4.69, 9.17) is 4.74 Å². The topological polar surface area (TPSA) is 70.1 Å². The minimum absolute atomic E-state index is 0.0157. The molecule has 0 unspecified atom stereocenters. The molecule has 1 aromatic carbocycles. The second-order valence-electron chi connectivity index (χ2n) is 9.11. The highest BCUT2D eigenvalue weighted by Crippen LogP contribution is 2.31. The molecule has 6 nitrogen and oxygen atoms in total. The number of aliphatic hydroxyl groups excluding tert-OH is 1. The molecule has 182 valence electrons. The van der Waals surface area contributed by atoms with Crippen LogP contribution < -0.4 is 9.64 Å². The number of fused-ring (bicyclic) bond motifs is 1. The van der Waals surface area contributed by atoms with Gasteiger partial charge in [0.05, 0.1) is 13.2 Å². The number of hydrogen-bond acceptors (Lipinski definition) is 4. The van der Waals surface area contributed by atoms with E-state index < -0.39 is 0 Å². The predicted molar refractivity (Wildman–Crippen MR) is 132 cm³/mol. The van der Waals surface area contributed by atoms with Crippen molar-refractivity contribution in [3.05, 3.63) is 35.9 Å². The predicted octanol–water partition coefficient (Wildman–Crippen LogP) is 4.63. The maximum Gasteiger partial charge on any atom is 0.227 e. The Morgan fingerprint density at radius 1 is 1.21 bits per heavy atom. The Labute approximate surface area is 198 Å². The van der Waals surface area contributed by atoms with Gasteiger partial charge in [0.15, 0.2) is 0 Å². The Bertz CT molecular complexity index is 801. The Morgan fingerprint density at radius 3 is 2.79 bits per heavy atom. The van der Waals surface area contributed by atoms with Gasteiger partial charge in [0, 0.05) is 37.7 Å². The lowest BCUT2D eigenvalue weighted by atomic mass is 9.94. The minimum atomic E-state index is 0.0157. The van der Waals surface area contributed by atoms with E-state index in [1.54, 1.807) is 0 Å². The summed E-state index contributed by atoms with van der Waals surface area (Å²) < 4.78 is 5.95. The summed E-state index contributed by atoms with van der Waals surface area (Å²) in [6.07, 6.45) is 14.4. The van der Waals surface area contributed by atoms with Gasteiger partial charge in [-0.25, -0.2) is 0 Å². The normalized spacial score (nSPS) is 16.8. The maximum absolute atomic E-state index is 12.7. The molecule has 3 rings (SSSR count). The molecule has 0 aromatic heterocycles. The van der Waals surface area contributed by atoms with Crippen molar-refractivity contribution in [3.8, 4) is 5.75 Å². The number of allylic oxidation sites excluding steroid dienone is 1. The van der Waals surface area contributed by atoms with Crippen LogP contribution in [0.5, 0.6) is 5.75 Å². The molecule has 1 aromatic rings. The number of benzene rings is 1. The zero-order chi connectivity index (χ0) is 23.5. The van der Waals surface area contributed by atoms with Gasteiger partial charge in [-0.2, -0.15) is 0 Å². The summed E-state index contributed by atoms with van der Waals surface area (Å²) in [4.78, 5) is 28.9. The summed E-state index contributed by atoms with van der Waals surface area (Å²) >= 11 is 0. The van der Waals surface area contributed by atoms with Crippen molar-refractivity contribution in [3.63, 3.8) is 0 Å². The van der Waals surface area contributed by atoms with Gasteiger partial charge in [-0.15, -0.1) is 0 Å². The molecule has 1 heterocycles. The quantitative estimate of drug-likeness (QED) is 0.368. The number of anilines is 1. The van der Waals surface area contributed by atoms with Crippen molar-refractivity contribution >= 4 is 17.5 Å². The van der Waals surface area contributed by atoms with Crippen LogP contribution in [-0.2, 0) is 16.0 Å². The van der Waals surface area contributed by atoms with Crippen molar-refractivity contribution in [1.29, 1.82) is 0 Å². The molecule has 6 heteroatoms. The van der Waals surface area contributed by atoms with E-state index in [1.165, 1.54) is 19.3 Å². The third kappa shape index (κ3) is 7.32. The fraction of sp³-hybridized carbons (Fsp3) is 0.630. The molecule has 1 fully saturated rings. The van der Waals surface area contributed by atoms with E-state index in [-0.39, 0.29) is 24.5 Å². The van der Waals surface area contributed by atoms with Gasteiger partial charge in [0.2, 0.25) is 11.8 Å². The Kier molecular flexibility index (Phi) is 10.3. The molecule has 0 radical (unpaired) electrons. The molecule has 1 saturated carbocycles. The highest BCUT2D eigenvalue weighted by Gasteiger charge is 2.25. The van der Waals surface area contributed by atoms with Crippen molar-refractivity contribution in [2.75, 3.05) is 31.2 Å². The molecule has 0 spiro atoms. The van der Waals surface area contributed by atoms with Crippen molar-refractivity contribution in [1.82, 2.24) is 4.90 Å². The van der Waals surface area contributed by atoms with Crippen LogP contribution >= 0.6 is 0 Å². The monoisotopic (exact) mass is 456 g/mol. The van der Waals surface area contributed by atoms with Crippen LogP contribution in [-0.4, -0.2) is 54.2 Å². The fourth-order valence-electron chi connectivity index (χ4n) is 4.86. The van der Waals surface area contributed by atoms with Crippen LogP contribution in [0.15, 0.2) is 30.4 Å². The number of carbonyl (C=O) groups is 2. The summed E-state index contributed by atoms with van der Waals surface area (Å²) in [6, 6.07) is 6.21. The lowest BCUT2D eigenvalue weighted by Gasteiger charge is -2.34. The first kappa shape index (κ1) is 25.3. The zero-order valence-electron chi connectivity index (χ0n) is 20.1. The Balaban J connectivity index is 1.49. The second-order valence-corrected chi connectivity index (χ2v) is 9.11. The molecule has 0 atom stereocenters. The largest absolute Gasteiger partial charge is 0.494 e. The van der Waals surface area contributed by atoms with Gasteiger partial charge >= 0.3 is 0 Å². The molecule has 2 amide bonds. The SMILES string of the molecule is CCC/C=C/CN1C(=O)CCc2cc(OCCCC(=O)N(CCO)C3CCCCC3)ccc21. The van der Waals surface area contributed by atoms with E-state index in [9.17, 15) is 14.7 Å². The molecule has 1 aliphatic carbocycles. The number of hydrogen-bond donors (Lipinski definition) is 1. The van der Waals surface area contributed by atoms with Gasteiger partial charge in [0.25, 0.3) is 0 Å². The maximum atomic E-state index is 12.7. The Morgan fingerprint density at radius 2 is 2.03 bits per heavy atom. The van der Waals surface area contributed by atoms with E-state index >= 15 is 0 Å². The highest BCUT2D eigenvalue weighted by molar-refractivity contribution is 5.96. The van der Waals surface area contributed by atoms with Gasteiger partial charge < -0.3 is 19.6 Å². The average molecular weight is 457 g/mol. The van der Waals surface area contributed by atoms with E-state index in [0.29, 0.717) is 39.0 Å². The van der Waals surface area contributed by atoms with E-state index in [1.807, 2.05) is 28.0 Å². The van der Waals surface area contributed by atoms with Crippen LogP contribution in [0.4, 0.5) is 5.69 Å². The number of unbranched alkanes of at least 4 members (excludes halogenated alkanes) is 1. The summed E-state index contributed by atoms with van der Waals surface area (Å²) in [5.74, 6) is 1.08. The molecule has 0 saturated heterocycles. The van der Waals surface area contributed by atoms with E-state index in [0.717, 1.165) is 49.1 Å². The molecule has 1 N–H and O–H groups in total. The number of rotatable bonds is 12. The number of aryl methyl sites for hydroxylation is 1. The molecule has 0 bridgehead atoms. The summed E-state index contributed by atoms with van der Waals surface area (Å²) in [6.45, 7) is 3.68. The second kappa shape index (κ2) is 13.4. The molecule has 1 aliphatic heterocycles. The van der Waals surface area contributed by atoms with Crippen LogP contribution in [0.3, 0.4) is 0 Å². The van der Waals surface area contributed by atoms with Crippen molar-refractivity contribution in [2.45, 2.75) is 83.6 Å². The fourth-order valence-corrected chi connectivity index (χ4v) is 4.86. The van der Waals surface area contributed by atoms with Gasteiger partial charge in [0.1, 0.15) is 5.75 Å². The number of aliphatic hydroxyl groups is 1. The minimum Gasteiger partial charge on any atom is -0.494 e. The summed E-state index contributed by atoms with van der Waals surface area (Å²) in [7, 11) is 0. The average Bonchev–Trinajstić information content (AvgIpc) is 2.84. The molecule has 2 aliphatic rings. The lowest BCUT2D eigenvalue weighted by molar-refractivity contribution is -0.135. The van der Waals surface area contributed by atoms with Crippen LogP contribution in [0.1, 0.15) is 76.7 Å². The number of amides is 2. The third-order valence-corrected chi connectivity index (χ3v) is 6.64. The zero-order valence-corrected chi connectivity index (χ0v) is 20.1. The van der Waals surface area contributed by atoms with Gasteiger partial charge in [-0.3, -0.25) is 9.59 Å². The summed E-state index contributed by atoms with van der Waals surface area (Å²) in [5.41, 5.74) is 2.11. The van der Waals surface area contributed by atoms with Crippen molar-refractivity contribution in [2.24, 2.45) is 0 Å². The highest BCUT2D eigenvalue weighted by atomic mass is 16.5. The lowest BCUT2D eigenvalue weighted by Crippen LogP contribution is -2.43. The van der Waals surface area contributed by atoms with Crippen LogP contribution in [0.25, 0.3) is 0 Å². The Hall–Kier alpha value is -2.34. The first-order valence-corrected chi connectivity index (χ1v) is 12.8. The van der Waals surface area contributed by atoms with E-state index in [2.05, 4.69) is 19.1 Å². The summed E-state index contributed by atoms with van der Waals surface area (Å²) in [5, 5.41) is 9.39. The van der Waals surface area contributed by atoms with Crippen LogP contribution in [0, 0.1) is 0 Å². The first-order chi connectivity index (χ1) is 16.1. The number of carbonyl (C=O) groups excluding carboxylic acids is 2. The van der Waals surface area contributed by atoms with Gasteiger partial charge in [-0.1, -0.05) is 44.8 Å². The van der Waals surface area contributed by atoms with Crippen LogP contribution in [0.2, 0.25) is 0 Å².